The molecule has 144 valence electrons. The van der Waals surface area contributed by atoms with Gasteiger partial charge in [0.1, 0.15) is 0 Å². The zero-order chi connectivity index (χ0) is 19.2. The monoisotopic (exact) mass is 391 g/mol. The number of benzene rings is 1. The second-order valence-electron chi connectivity index (χ2n) is 6.44. The minimum atomic E-state index is -4.66. The first kappa shape index (κ1) is 20.6. The van der Waals surface area contributed by atoms with Crippen molar-refractivity contribution in [2.24, 2.45) is 5.92 Å². The first-order chi connectivity index (χ1) is 12.3. The molecule has 0 aromatic heterocycles. The molecule has 1 saturated carbocycles. The molecule has 0 bridgehead atoms. The van der Waals surface area contributed by atoms with Crippen molar-refractivity contribution in [3.8, 4) is 0 Å². The summed E-state index contributed by atoms with van der Waals surface area (Å²) in [5, 5.41) is 2.02. The lowest BCUT2D eigenvalue weighted by atomic mass is 9.86. The van der Waals surface area contributed by atoms with E-state index in [0.717, 1.165) is 31.4 Å². The minimum absolute atomic E-state index is 0.0931. The van der Waals surface area contributed by atoms with E-state index in [0.29, 0.717) is 5.92 Å². The van der Waals surface area contributed by atoms with Crippen molar-refractivity contribution >= 4 is 29.2 Å². The molecule has 1 aromatic rings. The van der Waals surface area contributed by atoms with E-state index in [9.17, 15) is 22.8 Å². The molecule has 0 heterocycles. The van der Waals surface area contributed by atoms with Gasteiger partial charge >= 0.3 is 12.1 Å². The van der Waals surface area contributed by atoms with Crippen LogP contribution in [0.1, 0.15) is 50.5 Å². The number of anilines is 1. The van der Waals surface area contributed by atoms with E-state index < -0.39 is 35.9 Å². The second-order valence-corrected chi connectivity index (χ2v) is 6.88. The molecule has 4 nitrogen and oxygen atoms in total. The van der Waals surface area contributed by atoms with Gasteiger partial charge in [0.25, 0.3) is 5.91 Å². The molecule has 1 aliphatic rings. The van der Waals surface area contributed by atoms with Crippen LogP contribution in [-0.4, -0.2) is 18.5 Å². The summed E-state index contributed by atoms with van der Waals surface area (Å²) in [6, 6.07) is 3.03. The summed E-state index contributed by atoms with van der Waals surface area (Å²) >= 11 is 5.58. The highest BCUT2D eigenvalue weighted by atomic mass is 35.5. The van der Waals surface area contributed by atoms with Gasteiger partial charge in [0.15, 0.2) is 6.61 Å². The second kappa shape index (κ2) is 9.26. The average Bonchev–Trinajstić information content (AvgIpc) is 2.59. The Hall–Kier alpha value is -1.76. The predicted molar refractivity (Wildman–Crippen MR) is 91.9 cm³/mol. The zero-order valence-electron chi connectivity index (χ0n) is 14.2. The Morgan fingerprint density at radius 3 is 2.54 bits per heavy atom. The molecule has 0 saturated heterocycles. The van der Waals surface area contributed by atoms with Crippen LogP contribution in [0.25, 0.3) is 0 Å². The van der Waals surface area contributed by atoms with Gasteiger partial charge in [-0.05, 0) is 30.5 Å². The molecule has 0 spiro atoms. The van der Waals surface area contributed by atoms with Crippen molar-refractivity contribution in [3.63, 3.8) is 0 Å². The lowest BCUT2D eigenvalue weighted by Crippen LogP contribution is -2.23. The molecule has 8 heteroatoms. The number of nitrogens with one attached hydrogen (secondary N) is 1. The van der Waals surface area contributed by atoms with Crippen LogP contribution in [0.3, 0.4) is 0 Å². The Morgan fingerprint density at radius 1 is 1.19 bits per heavy atom. The highest BCUT2D eigenvalue weighted by molar-refractivity contribution is 6.30. The number of hydrogen-bond donors (Lipinski definition) is 1. The molecule has 26 heavy (non-hydrogen) atoms. The molecule has 1 aliphatic carbocycles. The van der Waals surface area contributed by atoms with Crippen LogP contribution in [0, 0.1) is 5.92 Å². The van der Waals surface area contributed by atoms with Gasteiger partial charge in [0, 0.05) is 11.4 Å². The standard InChI is InChI=1S/C18H21ClF3NO3/c19-13-7-8-15(14(10-13)18(20,21)22)23-16(24)11-26-17(25)9-6-12-4-2-1-3-5-12/h7-8,10,12H,1-6,9,11H2,(H,23,24). The Labute approximate surface area is 155 Å². The SMILES string of the molecule is O=C(COC(=O)CCC1CCCCC1)Nc1ccc(Cl)cc1C(F)(F)F. The van der Waals surface area contributed by atoms with E-state index in [1.165, 1.54) is 25.3 Å². The molecule has 1 fully saturated rings. The highest BCUT2D eigenvalue weighted by Crippen LogP contribution is 2.36. The number of carbonyl (C=O) groups is 2. The predicted octanol–water partition coefficient (Wildman–Crippen LogP) is 5.20. The zero-order valence-corrected chi connectivity index (χ0v) is 15.0. The van der Waals surface area contributed by atoms with Crippen molar-refractivity contribution in [2.45, 2.75) is 51.1 Å². The summed E-state index contributed by atoms with van der Waals surface area (Å²) in [6.45, 7) is -0.622. The average molecular weight is 392 g/mol. The topological polar surface area (TPSA) is 55.4 Å². The largest absolute Gasteiger partial charge is 0.456 e. The van der Waals surface area contributed by atoms with Crippen LogP contribution >= 0.6 is 11.6 Å². The fraction of sp³-hybridized carbons (Fsp3) is 0.556. The number of alkyl halides is 3. The van der Waals surface area contributed by atoms with Crippen LogP contribution in [0.5, 0.6) is 0 Å². The lowest BCUT2D eigenvalue weighted by Gasteiger charge is -2.20. The van der Waals surface area contributed by atoms with Crippen LogP contribution < -0.4 is 5.32 Å². The Bertz CT molecular complexity index is 643. The van der Waals surface area contributed by atoms with Crippen LogP contribution in [-0.2, 0) is 20.5 Å². The van der Waals surface area contributed by atoms with E-state index in [2.05, 4.69) is 5.32 Å². The smallest absolute Gasteiger partial charge is 0.418 e. The minimum Gasteiger partial charge on any atom is -0.456 e. The Kier molecular flexibility index (Phi) is 7.32. The summed E-state index contributed by atoms with van der Waals surface area (Å²) in [7, 11) is 0. The third-order valence-electron chi connectivity index (χ3n) is 4.41. The maximum atomic E-state index is 13.0. The van der Waals surface area contributed by atoms with E-state index in [1.54, 1.807) is 0 Å². The van der Waals surface area contributed by atoms with Crippen molar-refractivity contribution in [1.82, 2.24) is 0 Å². The first-order valence-electron chi connectivity index (χ1n) is 8.58. The molecule has 1 amide bonds. The maximum Gasteiger partial charge on any atom is 0.418 e. The van der Waals surface area contributed by atoms with Crippen molar-refractivity contribution in [2.75, 3.05) is 11.9 Å². The summed E-state index contributed by atoms with van der Waals surface area (Å²) in [5.74, 6) is -0.838. The molecule has 1 N–H and O–H groups in total. The van der Waals surface area contributed by atoms with E-state index in [1.807, 2.05) is 0 Å². The van der Waals surface area contributed by atoms with Crippen molar-refractivity contribution < 1.29 is 27.5 Å². The fourth-order valence-electron chi connectivity index (χ4n) is 3.06. The number of halogens is 4. The van der Waals surface area contributed by atoms with Gasteiger partial charge in [0.2, 0.25) is 0 Å². The van der Waals surface area contributed by atoms with Crippen molar-refractivity contribution in [1.29, 1.82) is 0 Å². The van der Waals surface area contributed by atoms with E-state index >= 15 is 0 Å². The lowest BCUT2D eigenvalue weighted by molar-refractivity contribution is -0.147. The quantitative estimate of drug-likeness (QED) is 0.678. The van der Waals surface area contributed by atoms with Crippen LogP contribution in [0.4, 0.5) is 18.9 Å². The highest BCUT2D eigenvalue weighted by Gasteiger charge is 2.34. The summed E-state index contributed by atoms with van der Waals surface area (Å²) in [5.41, 5.74) is -1.48. The van der Waals surface area contributed by atoms with Gasteiger partial charge in [-0.15, -0.1) is 0 Å². The Balaban J connectivity index is 1.80. The van der Waals surface area contributed by atoms with E-state index in [-0.39, 0.29) is 11.4 Å². The normalized spacial score (nSPS) is 15.5. The van der Waals surface area contributed by atoms with Crippen molar-refractivity contribution in [3.05, 3.63) is 28.8 Å². The number of amides is 1. The fourth-order valence-corrected chi connectivity index (χ4v) is 3.23. The molecular weight excluding hydrogens is 371 g/mol. The van der Waals surface area contributed by atoms with E-state index in [4.69, 9.17) is 16.3 Å². The third kappa shape index (κ3) is 6.52. The third-order valence-corrected chi connectivity index (χ3v) is 4.64. The van der Waals surface area contributed by atoms with Gasteiger partial charge < -0.3 is 10.1 Å². The number of ether oxygens (including phenoxy) is 1. The van der Waals surface area contributed by atoms with Gasteiger partial charge in [-0.1, -0.05) is 43.7 Å². The molecule has 0 radical (unpaired) electrons. The molecule has 2 rings (SSSR count). The Morgan fingerprint density at radius 2 is 1.88 bits per heavy atom. The number of carbonyl (C=O) groups excluding carboxylic acids is 2. The summed E-state index contributed by atoms with van der Waals surface area (Å²) < 4.78 is 43.8. The van der Waals surface area contributed by atoms with Crippen LogP contribution in [0.2, 0.25) is 5.02 Å². The maximum absolute atomic E-state index is 13.0. The van der Waals surface area contributed by atoms with Gasteiger partial charge in [0.05, 0.1) is 11.3 Å². The molecule has 0 atom stereocenters. The number of hydrogen-bond acceptors (Lipinski definition) is 3. The van der Waals surface area contributed by atoms with Crippen LogP contribution in [0.15, 0.2) is 18.2 Å². The molecule has 1 aromatic carbocycles. The summed E-state index contributed by atoms with van der Waals surface area (Å²) in [4.78, 5) is 23.5. The molecule has 0 unspecified atom stereocenters. The first-order valence-corrected chi connectivity index (χ1v) is 8.95. The van der Waals surface area contributed by atoms with Gasteiger partial charge in [-0.3, -0.25) is 9.59 Å². The number of rotatable bonds is 6. The summed E-state index contributed by atoms with van der Waals surface area (Å²) in [6.07, 6.45) is 2.04. The number of esters is 1. The molecular formula is C18H21ClF3NO3. The molecule has 0 aliphatic heterocycles. The van der Waals surface area contributed by atoms with Gasteiger partial charge in [-0.2, -0.15) is 13.2 Å². The van der Waals surface area contributed by atoms with Gasteiger partial charge in [-0.25, -0.2) is 0 Å².